The quantitative estimate of drug-likeness (QED) is 0.560. The van der Waals surface area contributed by atoms with Crippen LogP contribution in [0, 0.1) is 0 Å². The van der Waals surface area contributed by atoms with Gasteiger partial charge in [-0.3, -0.25) is 4.99 Å². The molecule has 0 atom stereocenters. The Hall–Kier alpha value is -1.75. The van der Waals surface area contributed by atoms with E-state index in [-0.39, 0.29) is 0 Å². The first kappa shape index (κ1) is 19.3. The van der Waals surface area contributed by atoms with Crippen LogP contribution < -0.4 is 10.1 Å². The molecular weight excluding hydrogens is 288 g/mol. The highest BCUT2D eigenvalue weighted by Gasteiger charge is 2.07. The summed E-state index contributed by atoms with van der Waals surface area (Å²) in [5.41, 5.74) is 1.24. The summed E-state index contributed by atoms with van der Waals surface area (Å²) in [6.45, 7) is 11.5. The van der Waals surface area contributed by atoms with Crippen LogP contribution in [-0.4, -0.2) is 62.6 Å². The summed E-state index contributed by atoms with van der Waals surface area (Å²) in [5.74, 6) is 1.87. The summed E-state index contributed by atoms with van der Waals surface area (Å²) in [7, 11) is 4.19. The van der Waals surface area contributed by atoms with E-state index in [1.165, 1.54) is 5.56 Å². The summed E-state index contributed by atoms with van der Waals surface area (Å²) in [4.78, 5) is 9.13. The van der Waals surface area contributed by atoms with Crippen LogP contribution in [0.5, 0.6) is 5.75 Å². The second kappa shape index (κ2) is 10.9. The van der Waals surface area contributed by atoms with Gasteiger partial charge in [-0.1, -0.05) is 19.1 Å². The maximum absolute atomic E-state index is 5.48. The summed E-state index contributed by atoms with van der Waals surface area (Å²) < 4.78 is 5.48. The molecule has 0 aromatic heterocycles. The maximum Gasteiger partial charge on any atom is 0.194 e. The van der Waals surface area contributed by atoms with E-state index in [1.807, 2.05) is 19.1 Å². The third-order valence-electron chi connectivity index (χ3n) is 3.63. The van der Waals surface area contributed by atoms with E-state index in [4.69, 9.17) is 9.73 Å². The Morgan fingerprint density at radius 2 is 1.83 bits per heavy atom. The van der Waals surface area contributed by atoms with Gasteiger partial charge in [0, 0.05) is 26.7 Å². The number of guanidine groups is 1. The van der Waals surface area contributed by atoms with Crippen LogP contribution in [0.3, 0.4) is 0 Å². The van der Waals surface area contributed by atoms with Gasteiger partial charge in [0.25, 0.3) is 0 Å². The standard InChI is InChI=1S/C18H32N4O/c1-6-19-18(20-13-14-21(4)7-2)22(5)15-16-9-11-17(12-10-16)23-8-3/h9-12H,6-8,13-15H2,1-5H3,(H,19,20). The zero-order valence-electron chi connectivity index (χ0n) is 15.3. The minimum atomic E-state index is 0.697. The molecule has 0 saturated heterocycles. The van der Waals surface area contributed by atoms with E-state index in [0.29, 0.717) is 6.61 Å². The zero-order valence-corrected chi connectivity index (χ0v) is 15.3. The molecule has 0 aliphatic rings. The summed E-state index contributed by atoms with van der Waals surface area (Å²) in [5, 5.41) is 3.36. The molecule has 0 fully saturated rings. The normalized spacial score (nSPS) is 11.7. The van der Waals surface area contributed by atoms with Crippen molar-refractivity contribution in [3.63, 3.8) is 0 Å². The maximum atomic E-state index is 5.48. The van der Waals surface area contributed by atoms with Gasteiger partial charge in [0.05, 0.1) is 13.2 Å². The monoisotopic (exact) mass is 320 g/mol. The number of hydrogen-bond donors (Lipinski definition) is 1. The molecular formula is C18H32N4O. The number of nitrogens with one attached hydrogen (secondary N) is 1. The van der Waals surface area contributed by atoms with Crippen LogP contribution in [0.2, 0.25) is 0 Å². The topological polar surface area (TPSA) is 40.1 Å². The number of hydrogen-bond acceptors (Lipinski definition) is 3. The van der Waals surface area contributed by atoms with Gasteiger partial charge in [-0.05, 0) is 45.1 Å². The van der Waals surface area contributed by atoms with Gasteiger partial charge in [0.15, 0.2) is 5.96 Å². The van der Waals surface area contributed by atoms with Gasteiger partial charge in [-0.25, -0.2) is 0 Å². The summed E-state index contributed by atoms with van der Waals surface area (Å²) in [6.07, 6.45) is 0. The second-order valence-corrected chi connectivity index (χ2v) is 5.56. The van der Waals surface area contributed by atoms with Gasteiger partial charge in [0.2, 0.25) is 0 Å². The van der Waals surface area contributed by atoms with Gasteiger partial charge < -0.3 is 19.9 Å². The summed E-state index contributed by atoms with van der Waals surface area (Å²) in [6, 6.07) is 8.26. The van der Waals surface area contributed by atoms with Gasteiger partial charge >= 0.3 is 0 Å². The SMILES string of the molecule is CCNC(=NCCN(C)CC)N(C)Cc1ccc(OCC)cc1. The Morgan fingerprint density at radius 1 is 1.13 bits per heavy atom. The minimum absolute atomic E-state index is 0.697. The molecule has 5 nitrogen and oxygen atoms in total. The molecule has 0 radical (unpaired) electrons. The fourth-order valence-corrected chi connectivity index (χ4v) is 2.16. The van der Waals surface area contributed by atoms with Crippen LogP contribution in [0.25, 0.3) is 0 Å². The Balaban J connectivity index is 2.62. The largest absolute Gasteiger partial charge is 0.494 e. The Morgan fingerprint density at radius 3 is 2.39 bits per heavy atom. The minimum Gasteiger partial charge on any atom is -0.494 e. The number of nitrogens with zero attached hydrogens (tertiary/aromatic N) is 3. The fraction of sp³-hybridized carbons (Fsp3) is 0.611. The van der Waals surface area contributed by atoms with Crippen molar-refractivity contribution in [1.29, 1.82) is 0 Å². The van der Waals surface area contributed by atoms with Crippen LogP contribution in [0.4, 0.5) is 0 Å². The molecule has 0 aliphatic heterocycles. The Bertz CT molecular complexity index is 459. The van der Waals surface area contributed by atoms with Crippen LogP contribution in [0.15, 0.2) is 29.3 Å². The van der Waals surface area contributed by atoms with Crippen molar-refractivity contribution in [2.24, 2.45) is 4.99 Å². The van der Waals surface area contributed by atoms with Gasteiger partial charge in [-0.15, -0.1) is 0 Å². The smallest absolute Gasteiger partial charge is 0.194 e. The summed E-state index contributed by atoms with van der Waals surface area (Å²) >= 11 is 0. The molecule has 130 valence electrons. The molecule has 5 heteroatoms. The van der Waals surface area contributed by atoms with Gasteiger partial charge in [-0.2, -0.15) is 0 Å². The highest BCUT2D eigenvalue weighted by molar-refractivity contribution is 5.79. The molecule has 0 heterocycles. The lowest BCUT2D eigenvalue weighted by molar-refractivity contribution is 0.340. The van der Waals surface area contributed by atoms with E-state index < -0.39 is 0 Å². The average molecular weight is 320 g/mol. The second-order valence-electron chi connectivity index (χ2n) is 5.56. The van der Waals surface area contributed by atoms with E-state index in [0.717, 1.165) is 44.4 Å². The lowest BCUT2D eigenvalue weighted by atomic mass is 10.2. The molecule has 0 spiro atoms. The number of aliphatic imine (C=N–C) groups is 1. The van der Waals surface area contributed by atoms with Crippen molar-refractivity contribution in [3.05, 3.63) is 29.8 Å². The number of benzene rings is 1. The van der Waals surface area contributed by atoms with Crippen molar-refractivity contribution in [2.45, 2.75) is 27.3 Å². The lowest BCUT2D eigenvalue weighted by Crippen LogP contribution is -2.39. The Kier molecular flexibility index (Phi) is 9.14. The van der Waals surface area contributed by atoms with E-state index in [1.54, 1.807) is 0 Å². The van der Waals surface area contributed by atoms with E-state index >= 15 is 0 Å². The molecule has 0 bridgehead atoms. The molecule has 1 aromatic carbocycles. The average Bonchev–Trinajstić information content (AvgIpc) is 2.55. The Labute approximate surface area is 141 Å². The van der Waals surface area contributed by atoms with Crippen LogP contribution in [-0.2, 0) is 6.54 Å². The van der Waals surface area contributed by atoms with Crippen molar-refractivity contribution in [1.82, 2.24) is 15.1 Å². The molecule has 0 aliphatic carbocycles. The van der Waals surface area contributed by atoms with Crippen molar-refractivity contribution >= 4 is 5.96 Å². The van der Waals surface area contributed by atoms with Gasteiger partial charge in [0.1, 0.15) is 5.75 Å². The molecule has 23 heavy (non-hydrogen) atoms. The number of likely N-dealkylation sites (N-methyl/N-ethyl adjacent to an activating group) is 1. The molecule has 0 amide bonds. The number of ether oxygens (including phenoxy) is 1. The molecule has 0 saturated carbocycles. The predicted molar refractivity (Wildman–Crippen MR) is 98.2 cm³/mol. The zero-order chi connectivity index (χ0) is 17.1. The van der Waals surface area contributed by atoms with Crippen molar-refractivity contribution < 1.29 is 4.74 Å². The lowest BCUT2D eigenvalue weighted by Gasteiger charge is -2.22. The number of rotatable bonds is 9. The fourth-order valence-electron chi connectivity index (χ4n) is 2.16. The predicted octanol–water partition coefficient (Wildman–Crippen LogP) is 2.43. The molecule has 0 unspecified atom stereocenters. The third-order valence-corrected chi connectivity index (χ3v) is 3.63. The molecule has 1 N–H and O–H groups in total. The van der Waals surface area contributed by atoms with E-state index in [9.17, 15) is 0 Å². The first-order valence-electron chi connectivity index (χ1n) is 8.50. The van der Waals surface area contributed by atoms with Crippen LogP contribution >= 0.6 is 0 Å². The van der Waals surface area contributed by atoms with Crippen molar-refractivity contribution in [2.75, 3.05) is 46.9 Å². The third kappa shape index (κ3) is 7.37. The highest BCUT2D eigenvalue weighted by atomic mass is 16.5. The first-order valence-corrected chi connectivity index (χ1v) is 8.50. The molecule has 1 rings (SSSR count). The highest BCUT2D eigenvalue weighted by Crippen LogP contribution is 2.13. The van der Waals surface area contributed by atoms with E-state index in [2.05, 4.69) is 55.2 Å². The molecule has 1 aromatic rings. The first-order chi connectivity index (χ1) is 11.1. The van der Waals surface area contributed by atoms with Crippen LogP contribution in [0.1, 0.15) is 26.3 Å². The van der Waals surface area contributed by atoms with Crippen molar-refractivity contribution in [3.8, 4) is 5.75 Å².